The van der Waals surface area contributed by atoms with E-state index in [0.717, 1.165) is 64.2 Å². The standard InChI is InChI=1S/C51H93NO13/c1-3-5-7-9-11-13-15-17-18-19-20-21-23-24-26-28-30-32-34-40(55)39(52-43(56)35-33-31-29-27-25-22-16-14-12-10-8-6-4-2)38-62-50-48(61)46(59)49(42(37-54)64-50)65-51-47(60)45(58)44(57)41(36-53)63-51/h6,8,12,14,22,25,39-42,44-51,53-55,57-61H,3-5,7,9-11,13,15-21,23-24,26-38H2,1-2H3,(H,52,56)/b8-6-,14-12-,25-22-. The van der Waals surface area contributed by atoms with Gasteiger partial charge in [0.25, 0.3) is 0 Å². The van der Waals surface area contributed by atoms with E-state index in [2.05, 4.69) is 55.6 Å². The fourth-order valence-corrected chi connectivity index (χ4v) is 8.43. The predicted octanol–water partition coefficient (Wildman–Crippen LogP) is 6.71. The first-order chi connectivity index (χ1) is 31.6. The minimum Gasteiger partial charge on any atom is -0.394 e. The Morgan fingerprint density at radius 2 is 1.06 bits per heavy atom. The number of carbonyl (C=O) groups is 1. The van der Waals surface area contributed by atoms with E-state index < -0.39 is 86.8 Å². The third-order valence-corrected chi connectivity index (χ3v) is 12.6. The summed E-state index contributed by atoms with van der Waals surface area (Å²) in [5, 5.41) is 86.9. The van der Waals surface area contributed by atoms with Crippen molar-refractivity contribution in [1.82, 2.24) is 5.32 Å². The SMILES string of the molecule is CC/C=C\C/C=C\C/C=C\CCCCCC(=O)NC(COC1OC(CO)C(OC2OC(CO)C(O)C(O)C2O)C(O)C1O)C(O)CCCCCCCCCCCCCCCCCCCC. The highest BCUT2D eigenvalue weighted by atomic mass is 16.7. The Balaban J connectivity index is 1.83. The van der Waals surface area contributed by atoms with Crippen molar-refractivity contribution in [2.75, 3.05) is 19.8 Å². The smallest absolute Gasteiger partial charge is 0.220 e. The number of amides is 1. The van der Waals surface area contributed by atoms with Gasteiger partial charge in [0.05, 0.1) is 32.0 Å². The van der Waals surface area contributed by atoms with Crippen LogP contribution in [-0.4, -0.2) is 140 Å². The number of unbranched alkanes of at least 4 members (excludes halogenated alkanes) is 20. The van der Waals surface area contributed by atoms with E-state index in [0.29, 0.717) is 12.8 Å². The van der Waals surface area contributed by atoms with Gasteiger partial charge in [0, 0.05) is 6.42 Å². The average molecular weight is 928 g/mol. The molecule has 1 amide bonds. The summed E-state index contributed by atoms with van der Waals surface area (Å²) in [6.07, 6.45) is 25.8. The van der Waals surface area contributed by atoms with Crippen LogP contribution < -0.4 is 5.32 Å². The number of aliphatic hydroxyl groups excluding tert-OH is 8. The normalized spacial score (nSPS) is 27.3. The fraction of sp³-hybridized carbons (Fsp3) is 0.863. The van der Waals surface area contributed by atoms with Gasteiger partial charge in [-0.15, -0.1) is 0 Å². The van der Waals surface area contributed by atoms with E-state index >= 15 is 0 Å². The molecule has 0 aromatic carbocycles. The highest BCUT2D eigenvalue weighted by Crippen LogP contribution is 2.30. The minimum atomic E-state index is -1.78. The second-order valence-electron chi connectivity index (χ2n) is 18.3. The number of allylic oxidation sites excluding steroid dienone is 6. The molecule has 14 nitrogen and oxygen atoms in total. The van der Waals surface area contributed by atoms with Gasteiger partial charge in [-0.1, -0.05) is 172 Å². The number of carbonyl (C=O) groups excluding carboxylic acids is 1. The molecule has 0 radical (unpaired) electrons. The number of hydrogen-bond acceptors (Lipinski definition) is 13. The Kier molecular flexibility index (Phi) is 34.8. The lowest BCUT2D eigenvalue weighted by molar-refractivity contribution is -0.359. The zero-order valence-corrected chi connectivity index (χ0v) is 40.2. The van der Waals surface area contributed by atoms with Gasteiger partial charge in [0.2, 0.25) is 5.91 Å². The van der Waals surface area contributed by atoms with Gasteiger partial charge in [0.15, 0.2) is 12.6 Å². The van der Waals surface area contributed by atoms with Gasteiger partial charge in [-0.2, -0.15) is 0 Å². The monoisotopic (exact) mass is 928 g/mol. The van der Waals surface area contributed by atoms with Crippen molar-refractivity contribution in [3.63, 3.8) is 0 Å². The van der Waals surface area contributed by atoms with Crippen molar-refractivity contribution in [3.05, 3.63) is 36.5 Å². The molecule has 0 saturated carbocycles. The molecule has 65 heavy (non-hydrogen) atoms. The van der Waals surface area contributed by atoms with Gasteiger partial charge in [0.1, 0.15) is 48.8 Å². The molecule has 2 heterocycles. The second-order valence-corrected chi connectivity index (χ2v) is 18.3. The van der Waals surface area contributed by atoms with Crippen LogP contribution in [0.3, 0.4) is 0 Å². The van der Waals surface area contributed by atoms with E-state index in [-0.39, 0.29) is 18.9 Å². The van der Waals surface area contributed by atoms with Crippen LogP contribution >= 0.6 is 0 Å². The van der Waals surface area contributed by atoms with Gasteiger partial charge in [-0.05, 0) is 44.9 Å². The quantitative estimate of drug-likeness (QED) is 0.0231. The summed E-state index contributed by atoms with van der Waals surface area (Å²) in [5.74, 6) is -0.236. The summed E-state index contributed by atoms with van der Waals surface area (Å²) in [5.41, 5.74) is 0. The van der Waals surface area contributed by atoms with Crippen LogP contribution in [-0.2, 0) is 23.7 Å². The maximum atomic E-state index is 13.2. The van der Waals surface area contributed by atoms with Crippen molar-refractivity contribution in [1.29, 1.82) is 0 Å². The first kappa shape index (κ1) is 59.3. The summed E-state index contributed by atoms with van der Waals surface area (Å²) in [7, 11) is 0. The van der Waals surface area contributed by atoms with Crippen molar-refractivity contribution >= 4 is 5.91 Å². The zero-order chi connectivity index (χ0) is 47.5. The molecule has 0 spiro atoms. The highest BCUT2D eigenvalue weighted by Gasteiger charge is 2.51. The molecule has 2 saturated heterocycles. The molecule has 0 aromatic heterocycles. The molecule has 12 unspecified atom stereocenters. The van der Waals surface area contributed by atoms with Crippen LogP contribution in [0.4, 0.5) is 0 Å². The lowest BCUT2D eigenvalue weighted by atomic mass is 9.97. The van der Waals surface area contributed by atoms with Crippen LogP contribution in [0.2, 0.25) is 0 Å². The Bertz CT molecular complexity index is 1230. The molecule has 2 fully saturated rings. The summed E-state index contributed by atoms with van der Waals surface area (Å²) in [6, 6.07) is -0.842. The molecule has 0 aliphatic carbocycles. The van der Waals surface area contributed by atoms with E-state index in [1.165, 1.54) is 89.9 Å². The van der Waals surface area contributed by atoms with E-state index in [1.54, 1.807) is 0 Å². The molecular formula is C51H93NO13. The van der Waals surface area contributed by atoms with E-state index in [4.69, 9.17) is 18.9 Å². The molecule has 380 valence electrons. The highest BCUT2D eigenvalue weighted by molar-refractivity contribution is 5.76. The zero-order valence-electron chi connectivity index (χ0n) is 40.2. The van der Waals surface area contributed by atoms with Crippen molar-refractivity contribution in [2.24, 2.45) is 0 Å². The summed E-state index contributed by atoms with van der Waals surface area (Å²) >= 11 is 0. The topological polar surface area (TPSA) is 228 Å². The maximum Gasteiger partial charge on any atom is 0.220 e. The average Bonchev–Trinajstić information content (AvgIpc) is 3.30. The van der Waals surface area contributed by atoms with Crippen molar-refractivity contribution in [3.8, 4) is 0 Å². The van der Waals surface area contributed by atoms with Gasteiger partial charge < -0.3 is 65.1 Å². The number of hydrogen-bond donors (Lipinski definition) is 9. The number of rotatable bonds is 39. The summed E-state index contributed by atoms with van der Waals surface area (Å²) < 4.78 is 22.7. The Labute approximate surface area is 391 Å². The van der Waals surface area contributed by atoms with Crippen LogP contribution in [0, 0.1) is 0 Å². The Morgan fingerprint density at radius 3 is 1.62 bits per heavy atom. The predicted molar refractivity (Wildman–Crippen MR) is 254 cm³/mol. The molecule has 2 aliphatic heterocycles. The maximum absolute atomic E-state index is 13.2. The molecule has 12 atom stereocenters. The fourth-order valence-electron chi connectivity index (χ4n) is 8.43. The lowest BCUT2D eigenvalue weighted by Crippen LogP contribution is -2.65. The number of aliphatic hydroxyl groups is 8. The third-order valence-electron chi connectivity index (χ3n) is 12.6. The Morgan fingerprint density at radius 1 is 0.569 bits per heavy atom. The first-order valence-corrected chi connectivity index (χ1v) is 25.7. The van der Waals surface area contributed by atoms with Gasteiger partial charge in [-0.25, -0.2) is 0 Å². The lowest BCUT2D eigenvalue weighted by Gasteiger charge is -2.46. The van der Waals surface area contributed by atoms with Crippen LogP contribution in [0.5, 0.6) is 0 Å². The van der Waals surface area contributed by atoms with Crippen molar-refractivity contribution in [2.45, 2.75) is 261 Å². The molecular weight excluding hydrogens is 835 g/mol. The largest absolute Gasteiger partial charge is 0.394 e. The summed E-state index contributed by atoms with van der Waals surface area (Å²) in [6.45, 7) is 2.71. The van der Waals surface area contributed by atoms with Gasteiger partial charge >= 0.3 is 0 Å². The number of nitrogens with one attached hydrogen (secondary N) is 1. The molecule has 2 rings (SSSR count). The molecule has 0 bridgehead atoms. The van der Waals surface area contributed by atoms with Crippen molar-refractivity contribution < 1.29 is 64.6 Å². The minimum absolute atomic E-state index is 0.236. The van der Waals surface area contributed by atoms with Crippen LogP contribution in [0.1, 0.15) is 187 Å². The summed E-state index contributed by atoms with van der Waals surface area (Å²) in [4.78, 5) is 13.2. The number of ether oxygens (including phenoxy) is 4. The first-order valence-electron chi connectivity index (χ1n) is 25.7. The van der Waals surface area contributed by atoms with E-state index in [1.807, 2.05) is 0 Å². The van der Waals surface area contributed by atoms with Gasteiger partial charge in [-0.3, -0.25) is 4.79 Å². The molecule has 2 aliphatic rings. The molecule has 9 N–H and O–H groups in total. The van der Waals surface area contributed by atoms with E-state index in [9.17, 15) is 45.6 Å². The van der Waals surface area contributed by atoms with Crippen LogP contribution in [0.25, 0.3) is 0 Å². The second kappa shape index (κ2) is 38.1. The Hall–Kier alpha value is -1.79. The third kappa shape index (κ3) is 25.4. The molecule has 0 aromatic rings. The molecule has 14 heteroatoms. The van der Waals surface area contributed by atoms with Crippen LogP contribution in [0.15, 0.2) is 36.5 Å².